The molecule has 10 nitrogen and oxygen atoms in total. The highest BCUT2D eigenvalue weighted by Gasteiger charge is 2.37. The van der Waals surface area contributed by atoms with Crippen LogP contribution in [0.4, 0.5) is 11.4 Å². The fourth-order valence-electron chi connectivity index (χ4n) is 4.26. The van der Waals surface area contributed by atoms with E-state index in [4.69, 9.17) is 20.9 Å². The van der Waals surface area contributed by atoms with Gasteiger partial charge in [-0.1, -0.05) is 30.3 Å². The number of nitrogens with two attached hydrogens (primary N) is 2. The number of carbonyl (C=O) groups is 3. The molecule has 2 atom stereocenters. The number of benzene rings is 2. The van der Waals surface area contributed by atoms with Gasteiger partial charge in [0.1, 0.15) is 16.7 Å². The van der Waals surface area contributed by atoms with Gasteiger partial charge in [-0.2, -0.15) is 4.37 Å². The lowest BCUT2D eigenvalue weighted by Crippen LogP contribution is -2.45. The Bertz CT molecular complexity index is 1290. The number of hydrogen-bond acceptors (Lipinski definition) is 8. The maximum atomic E-state index is 14.1. The van der Waals surface area contributed by atoms with Gasteiger partial charge in [0.05, 0.1) is 18.9 Å². The standard InChI is InChI=1S/C26H29N5O5S/c1-15-6-3-4-8-19(15)31(26(34)23-20(27)21(24(28)32)30-37-23)22(16-9-11-17(35-2)12-10-16)25(33)29-14-18-7-5-13-36-18/h3-4,6,8-12,18,22H,5,7,13-14,27H2,1-2H3,(H2,28,32)(H,29,33). The van der Waals surface area contributed by atoms with Crippen LogP contribution in [0.15, 0.2) is 48.5 Å². The van der Waals surface area contributed by atoms with Crippen molar-refractivity contribution in [3.05, 3.63) is 70.2 Å². The summed E-state index contributed by atoms with van der Waals surface area (Å²) in [5, 5.41) is 2.96. The highest BCUT2D eigenvalue weighted by molar-refractivity contribution is 7.09. The smallest absolute Gasteiger partial charge is 0.273 e. The molecule has 0 aliphatic carbocycles. The molecule has 2 unspecified atom stereocenters. The van der Waals surface area contributed by atoms with Gasteiger partial charge in [-0.25, -0.2) is 0 Å². The maximum Gasteiger partial charge on any atom is 0.273 e. The molecule has 1 fully saturated rings. The van der Waals surface area contributed by atoms with Crippen LogP contribution >= 0.6 is 11.5 Å². The number of primary amides is 1. The highest BCUT2D eigenvalue weighted by Crippen LogP contribution is 2.35. The lowest BCUT2D eigenvalue weighted by Gasteiger charge is -2.32. The number of nitrogen functional groups attached to an aromatic ring is 1. The largest absolute Gasteiger partial charge is 0.497 e. The number of ether oxygens (including phenoxy) is 2. The second kappa shape index (κ2) is 11.4. The summed E-state index contributed by atoms with van der Waals surface area (Å²) in [6, 6.07) is 13.1. The summed E-state index contributed by atoms with van der Waals surface area (Å²) in [6.07, 6.45) is 1.70. The molecule has 3 amide bonds. The summed E-state index contributed by atoms with van der Waals surface area (Å²) < 4.78 is 14.9. The number of hydrogen-bond donors (Lipinski definition) is 3. The van der Waals surface area contributed by atoms with Gasteiger partial charge in [-0.05, 0) is 60.6 Å². The number of nitrogens with zero attached hydrogens (tertiary/aromatic N) is 2. The fraction of sp³-hybridized carbons (Fsp3) is 0.308. The SMILES string of the molecule is COc1ccc(C(C(=O)NCC2CCCO2)N(C(=O)c2snc(C(N)=O)c2N)c2ccccc2C)cc1. The average Bonchev–Trinajstić information content (AvgIpc) is 3.56. The summed E-state index contributed by atoms with van der Waals surface area (Å²) in [4.78, 5) is 41.1. The quantitative estimate of drug-likeness (QED) is 0.390. The first-order valence-corrected chi connectivity index (χ1v) is 12.6. The fourth-order valence-corrected chi connectivity index (χ4v) is 5.00. The normalized spacial score (nSPS) is 15.7. The van der Waals surface area contributed by atoms with E-state index in [0.717, 1.165) is 29.9 Å². The molecular formula is C26H29N5O5S. The van der Waals surface area contributed by atoms with Gasteiger partial charge in [0, 0.05) is 18.8 Å². The number of aryl methyl sites for hydroxylation is 1. The van der Waals surface area contributed by atoms with Crippen molar-refractivity contribution in [3.63, 3.8) is 0 Å². The molecule has 0 spiro atoms. The zero-order valence-electron chi connectivity index (χ0n) is 20.6. The van der Waals surface area contributed by atoms with Crippen molar-refractivity contribution in [2.24, 2.45) is 5.73 Å². The monoisotopic (exact) mass is 523 g/mol. The van der Waals surface area contributed by atoms with Crippen molar-refractivity contribution in [1.82, 2.24) is 9.69 Å². The lowest BCUT2D eigenvalue weighted by molar-refractivity contribution is -0.123. The Hall–Kier alpha value is -3.96. The van der Waals surface area contributed by atoms with E-state index in [0.29, 0.717) is 30.2 Å². The molecule has 37 heavy (non-hydrogen) atoms. The molecule has 5 N–H and O–H groups in total. The van der Waals surface area contributed by atoms with Crippen LogP contribution in [0, 0.1) is 6.92 Å². The van der Waals surface area contributed by atoms with Gasteiger partial charge >= 0.3 is 0 Å². The van der Waals surface area contributed by atoms with E-state index in [1.807, 2.05) is 19.1 Å². The Balaban J connectivity index is 1.82. The van der Waals surface area contributed by atoms with Crippen molar-refractivity contribution in [1.29, 1.82) is 0 Å². The average molecular weight is 524 g/mol. The zero-order valence-corrected chi connectivity index (χ0v) is 21.4. The number of anilines is 2. The molecule has 2 heterocycles. The molecule has 1 aliphatic heterocycles. The molecule has 2 aromatic carbocycles. The molecule has 1 saturated heterocycles. The minimum absolute atomic E-state index is 0.0162. The molecule has 194 valence electrons. The number of methoxy groups -OCH3 is 1. The van der Waals surface area contributed by atoms with Crippen molar-refractivity contribution >= 4 is 40.6 Å². The molecular weight excluding hydrogens is 494 g/mol. The Morgan fingerprint density at radius 2 is 1.95 bits per heavy atom. The predicted octanol–water partition coefficient (Wildman–Crippen LogP) is 2.82. The highest BCUT2D eigenvalue weighted by atomic mass is 32.1. The van der Waals surface area contributed by atoms with Gasteiger partial charge in [0.2, 0.25) is 5.91 Å². The number of aromatic nitrogens is 1. The first-order valence-electron chi connectivity index (χ1n) is 11.8. The molecule has 1 aromatic heterocycles. The lowest BCUT2D eigenvalue weighted by atomic mass is 10.0. The summed E-state index contributed by atoms with van der Waals surface area (Å²) in [5.74, 6) is -1.20. The summed E-state index contributed by atoms with van der Waals surface area (Å²) in [7, 11) is 1.55. The minimum Gasteiger partial charge on any atom is -0.497 e. The molecule has 0 saturated carbocycles. The Morgan fingerprint density at radius 3 is 2.54 bits per heavy atom. The van der Waals surface area contributed by atoms with E-state index in [1.54, 1.807) is 43.5 Å². The van der Waals surface area contributed by atoms with E-state index in [-0.39, 0.29) is 22.4 Å². The van der Waals surface area contributed by atoms with Gasteiger partial charge < -0.3 is 26.3 Å². The van der Waals surface area contributed by atoms with Crippen molar-refractivity contribution < 1.29 is 23.9 Å². The molecule has 3 aromatic rings. The van der Waals surface area contributed by atoms with Crippen LogP contribution < -0.4 is 26.4 Å². The number of nitrogens with one attached hydrogen (secondary N) is 1. The van der Waals surface area contributed by atoms with Crippen molar-refractivity contribution in [3.8, 4) is 5.75 Å². The third kappa shape index (κ3) is 5.57. The molecule has 0 radical (unpaired) electrons. The summed E-state index contributed by atoms with van der Waals surface area (Å²) in [6.45, 7) is 2.81. The molecule has 4 rings (SSSR count). The Labute approximate surface area is 218 Å². The summed E-state index contributed by atoms with van der Waals surface area (Å²) >= 11 is 0.767. The van der Waals surface area contributed by atoms with Crippen LogP contribution in [0.2, 0.25) is 0 Å². The second-order valence-corrected chi connectivity index (χ2v) is 9.43. The Morgan fingerprint density at radius 1 is 1.22 bits per heavy atom. The first-order chi connectivity index (χ1) is 17.8. The molecule has 0 bridgehead atoms. The third-order valence-corrected chi connectivity index (χ3v) is 7.07. The van der Waals surface area contributed by atoms with E-state index in [9.17, 15) is 14.4 Å². The van der Waals surface area contributed by atoms with Crippen LogP contribution in [0.3, 0.4) is 0 Å². The van der Waals surface area contributed by atoms with Crippen LogP contribution in [-0.4, -0.2) is 48.5 Å². The Kier molecular flexibility index (Phi) is 8.04. The van der Waals surface area contributed by atoms with Gasteiger partial charge in [0.15, 0.2) is 5.69 Å². The second-order valence-electron chi connectivity index (χ2n) is 8.66. The first kappa shape index (κ1) is 26.1. The maximum absolute atomic E-state index is 14.1. The van der Waals surface area contributed by atoms with E-state index in [2.05, 4.69) is 9.69 Å². The van der Waals surface area contributed by atoms with Crippen LogP contribution in [0.1, 0.15) is 50.2 Å². The van der Waals surface area contributed by atoms with Crippen molar-refractivity contribution in [2.45, 2.75) is 31.9 Å². The minimum atomic E-state index is -1.07. The number of rotatable bonds is 9. The van der Waals surface area contributed by atoms with Crippen LogP contribution in [0.25, 0.3) is 0 Å². The van der Waals surface area contributed by atoms with Gasteiger partial charge in [0.25, 0.3) is 11.8 Å². The molecule has 1 aliphatic rings. The number of carbonyl (C=O) groups excluding carboxylic acids is 3. The van der Waals surface area contributed by atoms with Gasteiger partial charge in [-0.15, -0.1) is 0 Å². The summed E-state index contributed by atoms with van der Waals surface area (Å²) in [5.41, 5.74) is 13.0. The molecule has 11 heteroatoms. The topological polar surface area (TPSA) is 150 Å². The van der Waals surface area contributed by atoms with Crippen LogP contribution in [-0.2, 0) is 9.53 Å². The van der Waals surface area contributed by atoms with Crippen molar-refractivity contribution in [2.75, 3.05) is 30.9 Å². The van der Waals surface area contributed by atoms with Crippen LogP contribution in [0.5, 0.6) is 5.75 Å². The van der Waals surface area contributed by atoms with E-state index < -0.39 is 23.8 Å². The number of amides is 3. The van der Waals surface area contributed by atoms with Gasteiger partial charge in [-0.3, -0.25) is 19.3 Å². The third-order valence-electron chi connectivity index (χ3n) is 6.22. The number of para-hydroxylation sites is 1. The van der Waals surface area contributed by atoms with E-state index >= 15 is 0 Å². The van der Waals surface area contributed by atoms with E-state index in [1.165, 1.54) is 4.90 Å². The zero-order chi connectivity index (χ0) is 26.5. The predicted molar refractivity (Wildman–Crippen MR) is 141 cm³/mol.